The molecule has 1 aromatic carbocycles. The quantitative estimate of drug-likeness (QED) is 0.617. The van der Waals surface area contributed by atoms with Gasteiger partial charge in [0.15, 0.2) is 5.78 Å². The zero-order valence-corrected chi connectivity index (χ0v) is 12.1. The first kappa shape index (κ1) is 14.9. The van der Waals surface area contributed by atoms with Crippen LogP contribution in [0.25, 0.3) is 0 Å². The molecule has 1 aliphatic rings. The molecule has 2 rings (SSSR count). The molecular weight excluding hydrogens is 272 g/mol. The summed E-state index contributed by atoms with van der Waals surface area (Å²) in [5, 5.41) is 0. The first-order valence-electron chi connectivity index (χ1n) is 6.58. The van der Waals surface area contributed by atoms with Gasteiger partial charge < -0.3 is 0 Å². The van der Waals surface area contributed by atoms with E-state index >= 15 is 0 Å². The van der Waals surface area contributed by atoms with Crippen molar-refractivity contribution in [1.82, 2.24) is 9.80 Å². The van der Waals surface area contributed by atoms with Gasteiger partial charge >= 0.3 is 17.8 Å². The number of nitrogens with zero attached hydrogens (tertiary/aromatic N) is 2. The van der Waals surface area contributed by atoms with E-state index < -0.39 is 23.9 Å². The predicted octanol–water partition coefficient (Wildman–Crippen LogP) is 1.26. The van der Waals surface area contributed by atoms with Crippen LogP contribution in [0.2, 0.25) is 0 Å². The number of ketones is 1. The second-order valence-corrected chi connectivity index (χ2v) is 5.12. The van der Waals surface area contributed by atoms with Crippen LogP contribution in [-0.2, 0) is 20.9 Å². The van der Waals surface area contributed by atoms with Crippen LogP contribution in [0.3, 0.4) is 0 Å². The number of benzene rings is 1. The molecule has 1 aromatic rings. The predicted molar refractivity (Wildman–Crippen MR) is 74.1 cm³/mol. The topological polar surface area (TPSA) is 74.8 Å². The molecule has 0 aliphatic carbocycles. The van der Waals surface area contributed by atoms with E-state index in [9.17, 15) is 19.2 Å². The fraction of sp³-hybridized carbons (Fsp3) is 0.333. The van der Waals surface area contributed by atoms with Gasteiger partial charge in [0, 0.05) is 0 Å². The van der Waals surface area contributed by atoms with Gasteiger partial charge in [0.1, 0.15) is 0 Å². The number of urea groups is 1. The lowest BCUT2D eigenvalue weighted by atomic mass is 10.1. The van der Waals surface area contributed by atoms with Crippen LogP contribution >= 0.6 is 0 Å². The maximum Gasteiger partial charge on any atom is 0.335 e. The third-order valence-electron chi connectivity index (χ3n) is 3.52. The molecule has 1 fully saturated rings. The Hall–Kier alpha value is -2.50. The summed E-state index contributed by atoms with van der Waals surface area (Å²) in [6.45, 7) is 4.65. The Labute approximate surface area is 122 Å². The fourth-order valence-corrected chi connectivity index (χ4v) is 2.06. The molecule has 0 aromatic heterocycles. The summed E-state index contributed by atoms with van der Waals surface area (Å²) >= 11 is 0. The molecule has 4 amide bonds. The van der Waals surface area contributed by atoms with Crippen LogP contribution in [0.15, 0.2) is 24.3 Å². The molecule has 0 radical (unpaired) electrons. The van der Waals surface area contributed by atoms with Crippen molar-refractivity contribution in [1.29, 1.82) is 0 Å². The third-order valence-corrected chi connectivity index (χ3v) is 3.52. The fourth-order valence-electron chi connectivity index (χ4n) is 2.06. The van der Waals surface area contributed by atoms with E-state index in [0.29, 0.717) is 0 Å². The summed E-state index contributed by atoms with van der Waals surface area (Å²) < 4.78 is 0. The molecule has 110 valence electrons. The Morgan fingerprint density at radius 3 is 2.19 bits per heavy atom. The second kappa shape index (κ2) is 5.47. The minimum Gasteiger partial charge on any atom is -0.298 e. The Balaban J connectivity index is 2.23. The van der Waals surface area contributed by atoms with Gasteiger partial charge in [-0.3, -0.25) is 19.3 Å². The van der Waals surface area contributed by atoms with Crippen molar-refractivity contribution in [3.8, 4) is 0 Å². The van der Waals surface area contributed by atoms with E-state index in [0.717, 1.165) is 20.9 Å². The molecule has 1 heterocycles. The third kappa shape index (κ3) is 2.69. The van der Waals surface area contributed by atoms with E-state index in [4.69, 9.17) is 0 Å². The van der Waals surface area contributed by atoms with Gasteiger partial charge in [-0.05, 0) is 26.3 Å². The molecule has 1 saturated heterocycles. The van der Waals surface area contributed by atoms with Gasteiger partial charge in [-0.1, -0.05) is 29.8 Å². The molecule has 0 spiro atoms. The van der Waals surface area contributed by atoms with Gasteiger partial charge in [0.2, 0.25) is 0 Å². The van der Waals surface area contributed by atoms with Crippen LogP contribution in [0.1, 0.15) is 25.0 Å². The molecule has 1 atom stereocenters. The van der Waals surface area contributed by atoms with Gasteiger partial charge in [0.25, 0.3) is 0 Å². The summed E-state index contributed by atoms with van der Waals surface area (Å²) in [6, 6.07) is 5.62. The van der Waals surface area contributed by atoms with E-state index in [1.165, 1.54) is 13.8 Å². The van der Waals surface area contributed by atoms with E-state index in [2.05, 4.69) is 0 Å². The molecular formula is C15H16N2O4. The average molecular weight is 288 g/mol. The van der Waals surface area contributed by atoms with Crippen LogP contribution in [0, 0.1) is 6.92 Å². The summed E-state index contributed by atoms with van der Waals surface area (Å²) in [7, 11) is 0. The summed E-state index contributed by atoms with van der Waals surface area (Å²) in [6.07, 6.45) is 0. The maximum absolute atomic E-state index is 12.2. The number of aryl methyl sites for hydroxylation is 1. The molecule has 1 aliphatic heterocycles. The van der Waals surface area contributed by atoms with Crippen molar-refractivity contribution in [3.63, 3.8) is 0 Å². The van der Waals surface area contributed by atoms with Crippen molar-refractivity contribution in [2.45, 2.75) is 33.4 Å². The lowest BCUT2D eigenvalue weighted by Gasteiger charge is -2.19. The number of amides is 4. The second-order valence-electron chi connectivity index (χ2n) is 5.12. The van der Waals surface area contributed by atoms with Crippen LogP contribution in [0.4, 0.5) is 4.79 Å². The molecule has 0 N–H and O–H groups in total. The molecule has 21 heavy (non-hydrogen) atoms. The zero-order valence-electron chi connectivity index (χ0n) is 12.1. The highest BCUT2D eigenvalue weighted by Crippen LogP contribution is 2.19. The number of rotatable bonds is 4. The maximum atomic E-state index is 12.2. The largest absolute Gasteiger partial charge is 0.335 e. The molecule has 6 heteroatoms. The number of carbonyl (C=O) groups excluding carboxylic acids is 4. The van der Waals surface area contributed by atoms with E-state index in [-0.39, 0.29) is 12.3 Å². The van der Waals surface area contributed by atoms with E-state index in [1.807, 2.05) is 19.1 Å². The number of hydrogen-bond donors (Lipinski definition) is 0. The van der Waals surface area contributed by atoms with Crippen LogP contribution < -0.4 is 0 Å². The van der Waals surface area contributed by atoms with Crippen LogP contribution in [0.5, 0.6) is 0 Å². The van der Waals surface area contributed by atoms with Gasteiger partial charge in [0.05, 0.1) is 12.6 Å². The summed E-state index contributed by atoms with van der Waals surface area (Å²) in [5.74, 6) is -2.19. The number of Topliss-reactive ketones (excluding diaryl/α,β-unsaturated/α-hetero) is 1. The highest BCUT2D eigenvalue weighted by atomic mass is 16.2. The van der Waals surface area contributed by atoms with Crippen molar-refractivity contribution >= 4 is 23.6 Å². The van der Waals surface area contributed by atoms with Gasteiger partial charge in [-0.15, -0.1) is 0 Å². The number of carbonyl (C=O) groups is 4. The molecule has 0 bridgehead atoms. The Bertz CT molecular complexity index is 621. The minimum absolute atomic E-state index is 0.0187. The van der Waals surface area contributed by atoms with Crippen molar-refractivity contribution in [2.24, 2.45) is 0 Å². The molecule has 1 unspecified atom stereocenters. The zero-order chi connectivity index (χ0) is 15.7. The van der Waals surface area contributed by atoms with Crippen molar-refractivity contribution in [2.75, 3.05) is 0 Å². The summed E-state index contributed by atoms with van der Waals surface area (Å²) in [4.78, 5) is 49.0. The number of imide groups is 2. The highest BCUT2D eigenvalue weighted by Gasteiger charge is 2.47. The lowest BCUT2D eigenvalue weighted by molar-refractivity contribution is -0.145. The first-order chi connectivity index (χ1) is 9.82. The Morgan fingerprint density at radius 2 is 1.67 bits per heavy atom. The smallest absolute Gasteiger partial charge is 0.298 e. The Morgan fingerprint density at radius 1 is 1.10 bits per heavy atom. The number of hydrogen-bond acceptors (Lipinski definition) is 4. The normalized spacial score (nSPS) is 16.6. The molecule has 6 nitrogen and oxygen atoms in total. The van der Waals surface area contributed by atoms with Gasteiger partial charge in [-0.25, -0.2) is 9.69 Å². The first-order valence-corrected chi connectivity index (χ1v) is 6.58. The van der Waals surface area contributed by atoms with Crippen LogP contribution in [-0.4, -0.2) is 39.5 Å². The van der Waals surface area contributed by atoms with Crippen molar-refractivity contribution in [3.05, 3.63) is 35.4 Å². The van der Waals surface area contributed by atoms with Crippen molar-refractivity contribution < 1.29 is 19.2 Å². The molecule has 0 saturated carbocycles. The monoisotopic (exact) mass is 288 g/mol. The van der Waals surface area contributed by atoms with E-state index in [1.54, 1.807) is 12.1 Å². The average Bonchev–Trinajstić information content (AvgIpc) is 2.64. The highest BCUT2D eigenvalue weighted by molar-refractivity contribution is 6.45. The Kier molecular flexibility index (Phi) is 3.88. The standard InChI is InChI=1S/C15H16N2O4/c1-9-4-6-12(7-5-9)8-16-13(19)14(20)17(15(16)21)10(2)11(3)18/h4-7,10H,8H2,1-3H3. The van der Waals surface area contributed by atoms with Gasteiger partial charge in [-0.2, -0.15) is 0 Å². The summed E-state index contributed by atoms with van der Waals surface area (Å²) in [5.41, 5.74) is 1.80. The SMILES string of the molecule is CC(=O)C(C)N1C(=O)C(=O)N(Cc2ccc(C)cc2)C1=O. The lowest BCUT2D eigenvalue weighted by Crippen LogP contribution is -2.43. The minimum atomic E-state index is -0.949.